The van der Waals surface area contributed by atoms with Gasteiger partial charge in [0.1, 0.15) is 11.3 Å². The van der Waals surface area contributed by atoms with Crippen molar-refractivity contribution in [2.45, 2.75) is 6.92 Å². The Bertz CT molecular complexity index is 677. The molecule has 108 valence electrons. The minimum Gasteiger partial charge on any atom is -0.465 e. The molecule has 0 atom stereocenters. The van der Waals surface area contributed by atoms with Crippen molar-refractivity contribution in [3.8, 4) is 16.9 Å². The molecule has 0 aliphatic heterocycles. The first-order chi connectivity index (χ1) is 10.0. The zero-order valence-corrected chi connectivity index (χ0v) is 11.6. The summed E-state index contributed by atoms with van der Waals surface area (Å²) in [6, 6.07) is 12.6. The number of carboxylic acid groups (broad SMARTS) is 1. The van der Waals surface area contributed by atoms with Gasteiger partial charge >= 0.3 is 12.1 Å². The third-order valence-electron chi connectivity index (χ3n) is 3.10. The van der Waals surface area contributed by atoms with Crippen molar-refractivity contribution in [1.29, 1.82) is 0 Å². The first-order valence-electron chi connectivity index (χ1n) is 6.22. The van der Waals surface area contributed by atoms with Crippen molar-refractivity contribution >= 4 is 12.1 Å². The zero-order valence-electron chi connectivity index (χ0n) is 11.6. The molecule has 0 aliphatic rings. The van der Waals surface area contributed by atoms with Gasteiger partial charge in [0.2, 0.25) is 0 Å². The van der Waals surface area contributed by atoms with Crippen LogP contribution >= 0.6 is 0 Å². The van der Waals surface area contributed by atoms with E-state index in [9.17, 15) is 9.59 Å². The molecule has 5 nitrogen and oxygen atoms in total. The van der Waals surface area contributed by atoms with Gasteiger partial charge < -0.3 is 14.6 Å². The molecule has 0 saturated carbocycles. The maximum absolute atomic E-state index is 11.9. The van der Waals surface area contributed by atoms with Crippen molar-refractivity contribution in [3.63, 3.8) is 0 Å². The summed E-state index contributed by atoms with van der Waals surface area (Å²) in [7, 11) is 1.24. The summed E-state index contributed by atoms with van der Waals surface area (Å²) in [4.78, 5) is 22.6. The smallest absolute Gasteiger partial charge is 0.465 e. The van der Waals surface area contributed by atoms with Crippen molar-refractivity contribution in [2.75, 3.05) is 7.11 Å². The number of methoxy groups -OCH3 is 1. The zero-order chi connectivity index (χ0) is 15.4. The van der Waals surface area contributed by atoms with Crippen molar-refractivity contribution in [3.05, 3.63) is 53.6 Å². The highest BCUT2D eigenvalue weighted by Gasteiger charge is 2.21. The summed E-state index contributed by atoms with van der Waals surface area (Å²) in [5.74, 6) is -0.673. The molecule has 0 amide bonds. The standard InChI is InChI=1S/C16H14O5/c1-10-12(11-6-4-3-5-7-11)8-9-13(21-16(18)19)14(10)15(17)20-2/h3-9H,1-2H3,(H,18,19). The van der Waals surface area contributed by atoms with Crippen LogP contribution in [0.5, 0.6) is 5.75 Å². The molecular formula is C16H14O5. The van der Waals surface area contributed by atoms with Gasteiger partial charge in [0.05, 0.1) is 7.11 Å². The number of carbonyl (C=O) groups is 2. The molecule has 5 heteroatoms. The highest BCUT2D eigenvalue weighted by Crippen LogP contribution is 2.32. The first kappa shape index (κ1) is 14.6. The predicted octanol–water partition coefficient (Wildman–Crippen LogP) is 3.51. The van der Waals surface area contributed by atoms with Crippen LogP contribution in [0.4, 0.5) is 4.79 Å². The number of esters is 1. The maximum atomic E-state index is 11.9. The van der Waals surface area contributed by atoms with Crippen LogP contribution in [0.25, 0.3) is 11.1 Å². The molecule has 1 N–H and O–H groups in total. The lowest BCUT2D eigenvalue weighted by Gasteiger charge is -2.13. The molecule has 0 spiro atoms. The summed E-state index contributed by atoms with van der Waals surface area (Å²) in [5.41, 5.74) is 2.45. The van der Waals surface area contributed by atoms with Crippen LogP contribution in [0, 0.1) is 6.92 Å². The van der Waals surface area contributed by atoms with Crippen LogP contribution in [0.1, 0.15) is 15.9 Å². The summed E-state index contributed by atoms with van der Waals surface area (Å²) in [6.45, 7) is 1.73. The lowest BCUT2D eigenvalue weighted by atomic mass is 9.96. The van der Waals surface area contributed by atoms with E-state index in [2.05, 4.69) is 4.74 Å². The third-order valence-corrected chi connectivity index (χ3v) is 3.10. The Morgan fingerprint density at radius 2 is 1.71 bits per heavy atom. The van der Waals surface area contributed by atoms with Crippen molar-refractivity contribution in [1.82, 2.24) is 0 Å². The second kappa shape index (κ2) is 6.09. The van der Waals surface area contributed by atoms with Gasteiger partial charge in [0.25, 0.3) is 0 Å². The monoisotopic (exact) mass is 286 g/mol. The van der Waals surface area contributed by atoms with E-state index < -0.39 is 12.1 Å². The van der Waals surface area contributed by atoms with Gasteiger partial charge in [-0.15, -0.1) is 0 Å². The molecule has 0 saturated heterocycles. The molecule has 2 aromatic rings. The second-order valence-electron chi connectivity index (χ2n) is 4.34. The molecule has 0 heterocycles. The molecule has 0 aliphatic carbocycles. The highest BCUT2D eigenvalue weighted by atomic mass is 16.7. The SMILES string of the molecule is COC(=O)c1c(OC(=O)O)ccc(-c2ccccc2)c1C. The van der Waals surface area contributed by atoms with Gasteiger partial charge in [-0.25, -0.2) is 9.59 Å². The van der Waals surface area contributed by atoms with Gasteiger partial charge in [-0.05, 0) is 29.7 Å². The fraction of sp³-hybridized carbons (Fsp3) is 0.125. The van der Waals surface area contributed by atoms with E-state index in [-0.39, 0.29) is 11.3 Å². The summed E-state index contributed by atoms with van der Waals surface area (Å²) in [6.07, 6.45) is -1.48. The number of hydrogen-bond donors (Lipinski definition) is 1. The molecule has 0 aromatic heterocycles. The van der Waals surface area contributed by atoms with Crippen molar-refractivity contribution < 1.29 is 24.2 Å². The van der Waals surface area contributed by atoms with E-state index in [1.54, 1.807) is 13.0 Å². The summed E-state index contributed by atoms with van der Waals surface area (Å²) in [5, 5.41) is 8.75. The normalized spacial score (nSPS) is 10.0. The lowest BCUT2D eigenvalue weighted by molar-refractivity contribution is 0.0596. The molecule has 0 bridgehead atoms. The van der Waals surface area contributed by atoms with Gasteiger partial charge in [-0.2, -0.15) is 0 Å². The lowest BCUT2D eigenvalue weighted by Crippen LogP contribution is -2.11. The number of hydrogen-bond acceptors (Lipinski definition) is 4. The van der Waals surface area contributed by atoms with Crippen molar-refractivity contribution in [2.24, 2.45) is 0 Å². The molecule has 2 rings (SSSR count). The Kier molecular flexibility index (Phi) is 4.23. The molecule has 2 aromatic carbocycles. The number of ether oxygens (including phenoxy) is 2. The first-order valence-corrected chi connectivity index (χ1v) is 6.22. The summed E-state index contributed by atoms with van der Waals surface area (Å²) < 4.78 is 9.37. The summed E-state index contributed by atoms with van der Waals surface area (Å²) >= 11 is 0. The van der Waals surface area contributed by atoms with Gasteiger partial charge in [0, 0.05) is 0 Å². The van der Waals surface area contributed by atoms with Crippen LogP contribution in [-0.4, -0.2) is 24.3 Å². The Labute approximate surface area is 121 Å². The van der Waals surface area contributed by atoms with E-state index in [1.165, 1.54) is 13.2 Å². The Hall–Kier alpha value is -2.82. The van der Waals surface area contributed by atoms with Crippen LogP contribution in [-0.2, 0) is 4.74 Å². The average molecular weight is 286 g/mol. The largest absolute Gasteiger partial charge is 0.511 e. The molecule has 0 fully saturated rings. The Morgan fingerprint density at radius 1 is 1.05 bits per heavy atom. The maximum Gasteiger partial charge on any atom is 0.511 e. The van der Waals surface area contributed by atoms with E-state index in [4.69, 9.17) is 9.84 Å². The third kappa shape index (κ3) is 3.02. The van der Waals surface area contributed by atoms with Gasteiger partial charge in [0.15, 0.2) is 0 Å². The minimum absolute atomic E-state index is 0.0356. The van der Waals surface area contributed by atoms with Gasteiger partial charge in [-0.1, -0.05) is 36.4 Å². The highest BCUT2D eigenvalue weighted by molar-refractivity contribution is 5.97. The van der Waals surface area contributed by atoms with Crippen LogP contribution in [0.3, 0.4) is 0 Å². The van der Waals surface area contributed by atoms with E-state index in [0.717, 1.165) is 11.1 Å². The second-order valence-corrected chi connectivity index (χ2v) is 4.34. The van der Waals surface area contributed by atoms with E-state index >= 15 is 0 Å². The van der Waals surface area contributed by atoms with Crippen LogP contribution in [0.15, 0.2) is 42.5 Å². The number of carbonyl (C=O) groups excluding carboxylic acids is 1. The molecular weight excluding hydrogens is 272 g/mol. The number of benzene rings is 2. The fourth-order valence-corrected chi connectivity index (χ4v) is 2.15. The Balaban J connectivity index is 2.62. The quantitative estimate of drug-likeness (QED) is 0.690. The minimum atomic E-state index is -1.48. The predicted molar refractivity (Wildman–Crippen MR) is 76.6 cm³/mol. The molecule has 0 radical (unpaired) electrons. The van der Waals surface area contributed by atoms with Crippen LogP contribution in [0.2, 0.25) is 0 Å². The number of rotatable bonds is 3. The molecule has 21 heavy (non-hydrogen) atoms. The van der Waals surface area contributed by atoms with Crippen LogP contribution < -0.4 is 4.74 Å². The average Bonchev–Trinajstić information content (AvgIpc) is 2.47. The Morgan fingerprint density at radius 3 is 2.29 bits per heavy atom. The van der Waals surface area contributed by atoms with E-state index in [0.29, 0.717) is 5.56 Å². The molecule has 0 unspecified atom stereocenters. The van der Waals surface area contributed by atoms with Gasteiger partial charge in [-0.3, -0.25) is 0 Å². The topological polar surface area (TPSA) is 72.8 Å². The fourth-order valence-electron chi connectivity index (χ4n) is 2.15. The van der Waals surface area contributed by atoms with E-state index in [1.807, 2.05) is 30.3 Å².